The molecule has 2 fully saturated rings. The van der Waals surface area contributed by atoms with Crippen molar-refractivity contribution >= 4 is 17.5 Å². The molecule has 0 spiro atoms. The summed E-state index contributed by atoms with van der Waals surface area (Å²) in [6.45, 7) is 2.68. The van der Waals surface area contributed by atoms with Gasteiger partial charge in [0.05, 0.1) is 6.54 Å². The molecule has 3 nitrogen and oxygen atoms in total. The van der Waals surface area contributed by atoms with Crippen molar-refractivity contribution in [2.24, 2.45) is 5.92 Å². The fraction of sp³-hybridized carbons (Fsp3) is 0.533. The number of benzene rings is 1. The van der Waals surface area contributed by atoms with Gasteiger partial charge in [-0.1, -0.05) is 37.1 Å². The lowest BCUT2D eigenvalue weighted by Crippen LogP contribution is -2.41. The number of carbonyl (C=O) groups excluding carboxylic acids is 1. The van der Waals surface area contributed by atoms with Gasteiger partial charge in [0.2, 0.25) is 5.91 Å². The van der Waals surface area contributed by atoms with Gasteiger partial charge in [0.25, 0.3) is 0 Å². The monoisotopic (exact) mass is 278 g/mol. The summed E-state index contributed by atoms with van der Waals surface area (Å²) in [7, 11) is 0. The van der Waals surface area contributed by atoms with E-state index in [1.54, 1.807) is 0 Å². The lowest BCUT2D eigenvalue weighted by atomic mass is 10.0. The molecule has 1 saturated carbocycles. The van der Waals surface area contributed by atoms with Crippen LogP contribution in [0.1, 0.15) is 37.9 Å². The van der Waals surface area contributed by atoms with Gasteiger partial charge in [-0.25, -0.2) is 0 Å². The third-order valence-corrected chi connectivity index (χ3v) is 4.59. The maximum atomic E-state index is 12.2. The second kappa shape index (κ2) is 5.14. The van der Waals surface area contributed by atoms with Gasteiger partial charge in [-0.15, -0.1) is 0 Å². The van der Waals surface area contributed by atoms with Gasteiger partial charge >= 0.3 is 0 Å². The number of nitrogens with zero attached hydrogens (tertiary/aromatic N) is 1. The van der Waals surface area contributed by atoms with Crippen LogP contribution in [-0.2, 0) is 4.79 Å². The normalized spacial score (nSPS) is 31.2. The fourth-order valence-electron chi connectivity index (χ4n) is 3.39. The summed E-state index contributed by atoms with van der Waals surface area (Å²) < 4.78 is 0. The van der Waals surface area contributed by atoms with E-state index in [1.165, 1.54) is 12.8 Å². The molecule has 1 N–H and O–H groups in total. The van der Waals surface area contributed by atoms with E-state index in [-0.39, 0.29) is 12.1 Å². The first-order valence-electron chi connectivity index (χ1n) is 6.97. The summed E-state index contributed by atoms with van der Waals surface area (Å²) in [6, 6.07) is 8.16. The van der Waals surface area contributed by atoms with E-state index in [1.807, 2.05) is 29.2 Å². The predicted molar refractivity (Wildman–Crippen MR) is 75.8 cm³/mol. The molecule has 3 atom stereocenters. The van der Waals surface area contributed by atoms with Gasteiger partial charge in [0.1, 0.15) is 6.17 Å². The molecular weight excluding hydrogens is 260 g/mol. The predicted octanol–water partition coefficient (Wildman–Crippen LogP) is 2.96. The summed E-state index contributed by atoms with van der Waals surface area (Å²) in [6.07, 6.45) is 3.54. The van der Waals surface area contributed by atoms with Crippen LogP contribution in [-0.4, -0.2) is 23.4 Å². The molecule has 1 aromatic rings. The van der Waals surface area contributed by atoms with Crippen molar-refractivity contribution < 1.29 is 4.79 Å². The molecule has 3 unspecified atom stereocenters. The summed E-state index contributed by atoms with van der Waals surface area (Å²) >= 11 is 6.06. The molecule has 1 amide bonds. The second-order valence-electron chi connectivity index (χ2n) is 5.61. The van der Waals surface area contributed by atoms with E-state index in [0.29, 0.717) is 18.5 Å². The summed E-state index contributed by atoms with van der Waals surface area (Å²) in [4.78, 5) is 14.3. The molecule has 19 heavy (non-hydrogen) atoms. The molecule has 1 aliphatic heterocycles. The van der Waals surface area contributed by atoms with Crippen LogP contribution in [0.25, 0.3) is 0 Å². The minimum atomic E-state index is -0.0169. The van der Waals surface area contributed by atoms with Gasteiger partial charge in [-0.05, 0) is 36.5 Å². The lowest BCUT2D eigenvalue weighted by molar-refractivity contribution is -0.131. The van der Waals surface area contributed by atoms with E-state index in [9.17, 15) is 4.79 Å². The number of hydrogen-bond acceptors (Lipinski definition) is 2. The Morgan fingerprint density at radius 3 is 2.89 bits per heavy atom. The van der Waals surface area contributed by atoms with Gasteiger partial charge in [-0.2, -0.15) is 0 Å². The molecule has 102 valence electrons. The van der Waals surface area contributed by atoms with Crippen molar-refractivity contribution in [3.05, 3.63) is 34.9 Å². The van der Waals surface area contributed by atoms with E-state index >= 15 is 0 Å². The van der Waals surface area contributed by atoms with E-state index in [4.69, 9.17) is 11.6 Å². The SMILES string of the molecule is CC1CCCC1N1C(=O)CNC1c1cccc(Cl)c1. The molecule has 0 aromatic heterocycles. The first kappa shape index (κ1) is 12.9. The zero-order valence-electron chi connectivity index (χ0n) is 11.1. The maximum Gasteiger partial charge on any atom is 0.238 e. The summed E-state index contributed by atoms with van der Waals surface area (Å²) in [5, 5.41) is 4.04. The van der Waals surface area contributed by atoms with Crippen molar-refractivity contribution in [1.82, 2.24) is 10.2 Å². The Morgan fingerprint density at radius 2 is 2.21 bits per heavy atom. The van der Waals surface area contributed by atoms with Crippen molar-refractivity contribution in [3.8, 4) is 0 Å². The zero-order chi connectivity index (χ0) is 13.4. The van der Waals surface area contributed by atoms with E-state index in [2.05, 4.69) is 12.2 Å². The molecule has 0 bridgehead atoms. The van der Waals surface area contributed by atoms with Gasteiger partial charge < -0.3 is 4.90 Å². The van der Waals surface area contributed by atoms with Crippen LogP contribution in [0.15, 0.2) is 24.3 Å². The highest BCUT2D eigenvalue weighted by Gasteiger charge is 2.40. The van der Waals surface area contributed by atoms with Gasteiger partial charge in [0.15, 0.2) is 0 Å². The van der Waals surface area contributed by atoms with Crippen LogP contribution < -0.4 is 5.32 Å². The molecule has 1 heterocycles. The Balaban J connectivity index is 1.90. The number of halogens is 1. The Kier molecular flexibility index (Phi) is 3.50. The summed E-state index contributed by atoms with van der Waals surface area (Å²) in [5.74, 6) is 0.800. The number of nitrogens with one attached hydrogen (secondary N) is 1. The number of rotatable bonds is 2. The molecule has 0 radical (unpaired) electrons. The van der Waals surface area contributed by atoms with Crippen LogP contribution >= 0.6 is 11.6 Å². The van der Waals surface area contributed by atoms with Crippen molar-refractivity contribution in [2.75, 3.05) is 6.54 Å². The molecule has 2 aliphatic rings. The Morgan fingerprint density at radius 1 is 1.37 bits per heavy atom. The van der Waals surface area contributed by atoms with Crippen LogP contribution in [0.3, 0.4) is 0 Å². The Labute approximate surface area is 118 Å². The van der Waals surface area contributed by atoms with Crippen molar-refractivity contribution in [1.29, 1.82) is 0 Å². The van der Waals surface area contributed by atoms with Gasteiger partial charge in [0, 0.05) is 11.1 Å². The number of hydrogen-bond donors (Lipinski definition) is 1. The number of amides is 1. The molecule has 1 aromatic carbocycles. The molecular formula is C15H19ClN2O. The van der Waals surface area contributed by atoms with Crippen LogP contribution in [0.5, 0.6) is 0 Å². The number of carbonyl (C=O) groups is 1. The van der Waals surface area contributed by atoms with E-state index < -0.39 is 0 Å². The average Bonchev–Trinajstić information content (AvgIpc) is 2.95. The van der Waals surface area contributed by atoms with Crippen molar-refractivity contribution in [3.63, 3.8) is 0 Å². The van der Waals surface area contributed by atoms with Gasteiger partial charge in [-0.3, -0.25) is 10.1 Å². The van der Waals surface area contributed by atoms with Crippen LogP contribution in [0.2, 0.25) is 5.02 Å². The highest BCUT2D eigenvalue weighted by molar-refractivity contribution is 6.30. The molecule has 4 heteroatoms. The Hall–Kier alpha value is -1.06. The zero-order valence-corrected chi connectivity index (χ0v) is 11.9. The quantitative estimate of drug-likeness (QED) is 0.902. The Bertz CT molecular complexity index is 491. The highest BCUT2D eigenvalue weighted by atomic mass is 35.5. The minimum Gasteiger partial charge on any atom is -0.319 e. The van der Waals surface area contributed by atoms with Crippen molar-refractivity contribution in [2.45, 2.75) is 38.4 Å². The first-order chi connectivity index (χ1) is 9.16. The first-order valence-corrected chi connectivity index (χ1v) is 7.34. The molecule has 3 rings (SSSR count). The lowest BCUT2D eigenvalue weighted by Gasteiger charge is -2.33. The maximum absolute atomic E-state index is 12.2. The van der Waals surface area contributed by atoms with E-state index in [0.717, 1.165) is 17.0 Å². The minimum absolute atomic E-state index is 0.0169. The summed E-state index contributed by atoms with van der Waals surface area (Å²) in [5.41, 5.74) is 1.08. The topological polar surface area (TPSA) is 32.3 Å². The largest absolute Gasteiger partial charge is 0.319 e. The smallest absolute Gasteiger partial charge is 0.238 e. The fourth-order valence-corrected chi connectivity index (χ4v) is 3.59. The molecule has 1 saturated heterocycles. The third-order valence-electron chi connectivity index (χ3n) is 4.35. The second-order valence-corrected chi connectivity index (χ2v) is 6.05. The third kappa shape index (κ3) is 2.37. The highest BCUT2D eigenvalue weighted by Crippen LogP contribution is 2.36. The average molecular weight is 279 g/mol. The van der Waals surface area contributed by atoms with Crippen LogP contribution in [0, 0.1) is 5.92 Å². The van der Waals surface area contributed by atoms with Crippen LogP contribution in [0.4, 0.5) is 0 Å². The molecule has 1 aliphatic carbocycles. The standard InChI is InChI=1S/C15H19ClN2O/c1-10-4-2-7-13(10)18-14(19)9-17-15(18)11-5-3-6-12(16)8-11/h3,5-6,8,10,13,15,17H,2,4,7,9H2,1H3.